The van der Waals surface area contributed by atoms with E-state index in [9.17, 15) is 4.39 Å². The van der Waals surface area contributed by atoms with Gasteiger partial charge in [0, 0.05) is 25.0 Å². The van der Waals surface area contributed by atoms with Gasteiger partial charge in [-0.2, -0.15) is 0 Å². The summed E-state index contributed by atoms with van der Waals surface area (Å²) >= 11 is 0. The number of aromatic nitrogens is 2. The quantitative estimate of drug-likeness (QED) is 0.698. The molecule has 0 radical (unpaired) electrons. The molecule has 1 aromatic heterocycles. The lowest BCUT2D eigenvalue weighted by Gasteiger charge is -2.05. The molecule has 1 heterocycles. The molecule has 0 saturated carbocycles. The molecule has 0 saturated heterocycles. The van der Waals surface area contributed by atoms with Gasteiger partial charge in [-0.05, 0) is 12.1 Å². The van der Waals surface area contributed by atoms with Gasteiger partial charge in [-0.15, -0.1) is 0 Å². The van der Waals surface area contributed by atoms with E-state index in [0.29, 0.717) is 11.4 Å². The average Bonchev–Trinajstić information content (AvgIpc) is 2.57. The number of imidazole rings is 1. The summed E-state index contributed by atoms with van der Waals surface area (Å²) in [5.41, 5.74) is 6.38. The van der Waals surface area contributed by atoms with Crippen molar-refractivity contribution in [1.29, 1.82) is 0 Å². The van der Waals surface area contributed by atoms with E-state index >= 15 is 0 Å². The number of anilines is 1. The number of para-hydroxylation sites is 1. The second-order valence-corrected chi connectivity index (χ2v) is 3.06. The second kappa shape index (κ2) is 3.14. The first-order valence-electron chi connectivity index (χ1n) is 4.22. The summed E-state index contributed by atoms with van der Waals surface area (Å²) in [5.74, 6) is 0.257. The van der Waals surface area contributed by atoms with Crippen LogP contribution in [0, 0.1) is 5.82 Å². The Hall–Kier alpha value is -1.84. The minimum absolute atomic E-state index is 0.141. The van der Waals surface area contributed by atoms with Crippen molar-refractivity contribution in [2.45, 2.75) is 0 Å². The summed E-state index contributed by atoms with van der Waals surface area (Å²) in [6, 6.07) is 4.71. The van der Waals surface area contributed by atoms with Crippen LogP contribution in [-0.2, 0) is 7.05 Å². The molecule has 72 valence electrons. The van der Waals surface area contributed by atoms with Crippen molar-refractivity contribution in [3.05, 3.63) is 36.4 Å². The highest BCUT2D eigenvalue weighted by Crippen LogP contribution is 2.25. The Bertz CT molecular complexity index is 462. The molecule has 0 aliphatic carbocycles. The van der Waals surface area contributed by atoms with Crippen molar-refractivity contribution < 1.29 is 4.39 Å². The third-order valence-corrected chi connectivity index (χ3v) is 2.12. The number of nitrogens with zero attached hydrogens (tertiary/aromatic N) is 2. The molecular formula is C10H10FN3. The van der Waals surface area contributed by atoms with Gasteiger partial charge in [-0.1, -0.05) is 6.07 Å². The summed E-state index contributed by atoms with van der Waals surface area (Å²) in [7, 11) is 1.84. The number of hydrogen-bond donors (Lipinski definition) is 1. The molecule has 14 heavy (non-hydrogen) atoms. The van der Waals surface area contributed by atoms with Crippen LogP contribution in [0.3, 0.4) is 0 Å². The lowest BCUT2D eigenvalue weighted by molar-refractivity contribution is 0.632. The number of aryl methyl sites for hydroxylation is 1. The van der Waals surface area contributed by atoms with E-state index < -0.39 is 5.82 Å². The number of nitrogens with two attached hydrogens (primary N) is 1. The van der Waals surface area contributed by atoms with Gasteiger partial charge in [0.25, 0.3) is 0 Å². The molecule has 2 rings (SSSR count). The first-order valence-corrected chi connectivity index (χ1v) is 4.22. The summed E-state index contributed by atoms with van der Waals surface area (Å²) < 4.78 is 14.9. The summed E-state index contributed by atoms with van der Waals surface area (Å²) in [6.45, 7) is 0. The molecule has 0 aliphatic heterocycles. The minimum Gasteiger partial charge on any atom is -0.396 e. The summed E-state index contributed by atoms with van der Waals surface area (Å²) in [6.07, 6.45) is 3.44. The molecule has 0 aliphatic rings. The van der Waals surface area contributed by atoms with E-state index in [-0.39, 0.29) is 5.69 Å². The maximum absolute atomic E-state index is 13.1. The van der Waals surface area contributed by atoms with Gasteiger partial charge in [0.2, 0.25) is 0 Å². The number of nitrogen functional groups attached to an aromatic ring is 1. The van der Waals surface area contributed by atoms with Crippen LogP contribution < -0.4 is 5.73 Å². The van der Waals surface area contributed by atoms with Crippen LogP contribution in [-0.4, -0.2) is 9.55 Å². The normalized spacial score (nSPS) is 10.4. The third-order valence-electron chi connectivity index (χ3n) is 2.12. The molecule has 0 amide bonds. The molecular weight excluding hydrogens is 181 g/mol. The summed E-state index contributed by atoms with van der Waals surface area (Å²) in [4.78, 5) is 4.10. The molecule has 4 heteroatoms. The SMILES string of the molecule is Cn1ccnc1-c1cccc(F)c1N. The van der Waals surface area contributed by atoms with Crippen molar-refractivity contribution in [2.75, 3.05) is 5.73 Å². The van der Waals surface area contributed by atoms with Gasteiger partial charge in [0.15, 0.2) is 0 Å². The van der Waals surface area contributed by atoms with Crippen LogP contribution >= 0.6 is 0 Å². The van der Waals surface area contributed by atoms with E-state index in [0.717, 1.165) is 0 Å². The minimum atomic E-state index is -0.412. The van der Waals surface area contributed by atoms with Crippen LogP contribution in [0.15, 0.2) is 30.6 Å². The summed E-state index contributed by atoms with van der Waals surface area (Å²) in [5, 5.41) is 0. The van der Waals surface area contributed by atoms with Crippen molar-refractivity contribution in [2.24, 2.45) is 7.05 Å². The average molecular weight is 191 g/mol. The van der Waals surface area contributed by atoms with Gasteiger partial charge in [-0.25, -0.2) is 9.37 Å². The zero-order valence-electron chi connectivity index (χ0n) is 7.74. The highest BCUT2D eigenvalue weighted by molar-refractivity contribution is 5.72. The Balaban J connectivity index is 2.63. The predicted octanol–water partition coefficient (Wildman–Crippen LogP) is 1.81. The van der Waals surface area contributed by atoms with Gasteiger partial charge < -0.3 is 10.3 Å². The fraction of sp³-hybridized carbons (Fsp3) is 0.100. The smallest absolute Gasteiger partial charge is 0.146 e. The predicted molar refractivity (Wildman–Crippen MR) is 53.0 cm³/mol. The zero-order chi connectivity index (χ0) is 10.1. The van der Waals surface area contributed by atoms with Crippen LogP contribution in [0.1, 0.15) is 0 Å². The van der Waals surface area contributed by atoms with Crippen molar-refractivity contribution >= 4 is 5.69 Å². The van der Waals surface area contributed by atoms with Gasteiger partial charge in [0.1, 0.15) is 11.6 Å². The highest BCUT2D eigenvalue weighted by Gasteiger charge is 2.09. The van der Waals surface area contributed by atoms with E-state index in [1.807, 2.05) is 7.05 Å². The monoisotopic (exact) mass is 191 g/mol. The van der Waals surface area contributed by atoms with Gasteiger partial charge in [-0.3, -0.25) is 0 Å². The van der Waals surface area contributed by atoms with Crippen LogP contribution in [0.2, 0.25) is 0 Å². The number of halogens is 1. The molecule has 0 atom stereocenters. The van der Waals surface area contributed by atoms with Gasteiger partial charge in [0.05, 0.1) is 5.69 Å². The van der Waals surface area contributed by atoms with Crippen LogP contribution in [0.25, 0.3) is 11.4 Å². The second-order valence-electron chi connectivity index (χ2n) is 3.06. The first-order chi connectivity index (χ1) is 6.70. The largest absolute Gasteiger partial charge is 0.396 e. The fourth-order valence-electron chi connectivity index (χ4n) is 1.36. The number of benzene rings is 1. The van der Waals surface area contributed by atoms with E-state index in [1.54, 1.807) is 29.1 Å². The van der Waals surface area contributed by atoms with Crippen molar-refractivity contribution in [3.8, 4) is 11.4 Å². The van der Waals surface area contributed by atoms with Crippen LogP contribution in [0.4, 0.5) is 10.1 Å². The molecule has 0 spiro atoms. The molecule has 3 nitrogen and oxygen atoms in total. The number of hydrogen-bond acceptors (Lipinski definition) is 2. The molecule has 1 aromatic carbocycles. The highest BCUT2D eigenvalue weighted by atomic mass is 19.1. The standard InChI is InChI=1S/C10H10FN3/c1-14-6-5-13-10(14)7-3-2-4-8(11)9(7)12/h2-6H,12H2,1H3. The molecule has 0 unspecified atom stereocenters. The first kappa shape index (κ1) is 8.74. The van der Waals surface area contributed by atoms with E-state index in [4.69, 9.17) is 5.73 Å². The van der Waals surface area contributed by atoms with E-state index in [1.165, 1.54) is 6.07 Å². The zero-order valence-corrected chi connectivity index (χ0v) is 7.74. The van der Waals surface area contributed by atoms with Crippen LogP contribution in [0.5, 0.6) is 0 Å². The Labute approximate surface area is 81.0 Å². The molecule has 0 fully saturated rings. The Kier molecular flexibility index (Phi) is 1.96. The lowest BCUT2D eigenvalue weighted by atomic mass is 10.1. The Morgan fingerprint density at radius 3 is 2.86 bits per heavy atom. The topological polar surface area (TPSA) is 43.8 Å². The maximum atomic E-state index is 13.1. The Morgan fingerprint density at radius 2 is 2.21 bits per heavy atom. The Morgan fingerprint density at radius 1 is 1.43 bits per heavy atom. The fourth-order valence-corrected chi connectivity index (χ4v) is 1.36. The third kappa shape index (κ3) is 1.25. The maximum Gasteiger partial charge on any atom is 0.146 e. The molecule has 2 aromatic rings. The number of rotatable bonds is 1. The van der Waals surface area contributed by atoms with E-state index in [2.05, 4.69) is 4.98 Å². The van der Waals surface area contributed by atoms with Gasteiger partial charge >= 0.3 is 0 Å². The molecule has 2 N–H and O–H groups in total. The lowest BCUT2D eigenvalue weighted by Crippen LogP contribution is -1.98. The molecule has 0 bridgehead atoms. The van der Waals surface area contributed by atoms with Crippen molar-refractivity contribution in [3.63, 3.8) is 0 Å². The van der Waals surface area contributed by atoms with Crippen molar-refractivity contribution in [1.82, 2.24) is 9.55 Å².